The SMILES string of the molecule is CC(C)CC(NCCCC(N)=O)C1(c2ccccc2)CCC1. The highest BCUT2D eigenvalue weighted by molar-refractivity contribution is 5.73. The van der Waals surface area contributed by atoms with E-state index in [1.165, 1.54) is 31.2 Å². The molecule has 3 nitrogen and oxygen atoms in total. The number of benzene rings is 1. The maximum absolute atomic E-state index is 10.9. The first-order valence-corrected chi connectivity index (χ1v) is 8.62. The summed E-state index contributed by atoms with van der Waals surface area (Å²) in [7, 11) is 0. The summed E-state index contributed by atoms with van der Waals surface area (Å²) in [6.07, 6.45) is 6.31. The monoisotopic (exact) mass is 302 g/mol. The van der Waals surface area contributed by atoms with Crippen molar-refractivity contribution < 1.29 is 4.79 Å². The second kappa shape index (κ2) is 7.77. The van der Waals surface area contributed by atoms with E-state index in [0.29, 0.717) is 18.4 Å². The van der Waals surface area contributed by atoms with Crippen molar-refractivity contribution in [3.8, 4) is 0 Å². The first-order valence-electron chi connectivity index (χ1n) is 8.62. The van der Waals surface area contributed by atoms with Crippen LogP contribution < -0.4 is 11.1 Å². The van der Waals surface area contributed by atoms with Crippen LogP contribution in [-0.4, -0.2) is 18.5 Å². The minimum atomic E-state index is -0.205. The van der Waals surface area contributed by atoms with Crippen LogP contribution in [0.3, 0.4) is 0 Å². The van der Waals surface area contributed by atoms with Crippen LogP contribution in [0.2, 0.25) is 0 Å². The third-order valence-electron chi connectivity index (χ3n) is 4.96. The molecule has 22 heavy (non-hydrogen) atoms. The third kappa shape index (κ3) is 4.10. The fourth-order valence-electron chi connectivity index (χ4n) is 3.68. The van der Waals surface area contributed by atoms with E-state index in [0.717, 1.165) is 13.0 Å². The molecule has 1 unspecified atom stereocenters. The fourth-order valence-corrected chi connectivity index (χ4v) is 3.68. The van der Waals surface area contributed by atoms with Gasteiger partial charge in [0.1, 0.15) is 0 Å². The van der Waals surface area contributed by atoms with Gasteiger partial charge in [0.15, 0.2) is 0 Å². The lowest BCUT2D eigenvalue weighted by molar-refractivity contribution is -0.118. The lowest BCUT2D eigenvalue weighted by Gasteiger charge is -2.49. The van der Waals surface area contributed by atoms with Crippen LogP contribution in [0.1, 0.15) is 57.9 Å². The molecule has 0 saturated heterocycles. The van der Waals surface area contributed by atoms with Crippen molar-refractivity contribution in [1.82, 2.24) is 5.32 Å². The Morgan fingerprint density at radius 1 is 1.27 bits per heavy atom. The van der Waals surface area contributed by atoms with Gasteiger partial charge >= 0.3 is 0 Å². The number of nitrogens with two attached hydrogens (primary N) is 1. The van der Waals surface area contributed by atoms with Gasteiger partial charge in [0.2, 0.25) is 5.91 Å². The molecular weight excluding hydrogens is 272 g/mol. The zero-order valence-corrected chi connectivity index (χ0v) is 14.0. The van der Waals surface area contributed by atoms with Gasteiger partial charge in [-0.1, -0.05) is 50.6 Å². The van der Waals surface area contributed by atoms with Crippen molar-refractivity contribution in [1.29, 1.82) is 0 Å². The molecule has 1 aromatic rings. The van der Waals surface area contributed by atoms with E-state index in [9.17, 15) is 4.79 Å². The van der Waals surface area contributed by atoms with Gasteiger partial charge in [0, 0.05) is 17.9 Å². The second-order valence-electron chi connectivity index (χ2n) is 7.08. The van der Waals surface area contributed by atoms with Crippen LogP contribution in [0.5, 0.6) is 0 Å². The van der Waals surface area contributed by atoms with Gasteiger partial charge in [0.05, 0.1) is 0 Å². The Balaban J connectivity index is 2.07. The molecule has 1 amide bonds. The molecule has 1 aliphatic rings. The standard InChI is InChI=1S/C19H30N2O/c1-15(2)14-17(21-13-6-10-18(20)22)19(11-7-12-19)16-8-4-3-5-9-16/h3-5,8-9,15,17,21H,6-7,10-14H2,1-2H3,(H2,20,22). The molecule has 0 aliphatic heterocycles. The summed E-state index contributed by atoms with van der Waals surface area (Å²) in [4.78, 5) is 10.9. The number of carbonyl (C=O) groups is 1. The number of primary amides is 1. The summed E-state index contributed by atoms with van der Waals surface area (Å²) >= 11 is 0. The number of nitrogens with one attached hydrogen (secondary N) is 1. The molecule has 0 radical (unpaired) electrons. The minimum absolute atomic E-state index is 0.205. The zero-order valence-electron chi connectivity index (χ0n) is 14.0. The highest BCUT2D eigenvalue weighted by atomic mass is 16.1. The number of rotatable bonds is 9. The van der Waals surface area contributed by atoms with Gasteiger partial charge in [0.25, 0.3) is 0 Å². The summed E-state index contributed by atoms with van der Waals surface area (Å²) in [6.45, 7) is 5.44. The van der Waals surface area contributed by atoms with Crippen molar-refractivity contribution in [2.45, 2.75) is 63.8 Å². The van der Waals surface area contributed by atoms with Crippen molar-refractivity contribution in [3.63, 3.8) is 0 Å². The number of hydrogen-bond donors (Lipinski definition) is 2. The van der Waals surface area contributed by atoms with Crippen molar-refractivity contribution >= 4 is 5.91 Å². The average Bonchev–Trinajstić information content (AvgIpc) is 2.42. The normalized spacial score (nSPS) is 18.0. The van der Waals surface area contributed by atoms with E-state index >= 15 is 0 Å². The Morgan fingerprint density at radius 2 is 1.95 bits per heavy atom. The van der Waals surface area contributed by atoms with Crippen LogP contribution in [0.4, 0.5) is 0 Å². The Morgan fingerprint density at radius 3 is 2.45 bits per heavy atom. The fraction of sp³-hybridized carbons (Fsp3) is 0.632. The van der Waals surface area contributed by atoms with E-state index in [1.54, 1.807) is 0 Å². The average molecular weight is 302 g/mol. The number of carbonyl (C=O) groups excluding carboxylic acids is 1. The van der Waals surface area contributed by atoms with Gasteiger partial charge in [-0.25, -0.2) is 0 Å². The molecule has 122 valence electrons. The lowest BCUT2D eigenvalue weighted by atomic mass is 9.59. The summed E-state index contributed by atoms with van der Waals surface area (Å²) in [5, 5.41) is 3.74. The third-order valence-corrected chi connectivity index (χ3v) is 4.96. The molecule has 3 N–H and O–H groups in total. The van der Waals surface area contributed by atoms with E-state index in [-0.39, 0.29) is 11.3 Å². The molecule has 1 aliphatic carbocycles. The highest BCUT2D eigenvalue weighted by Gasteiger charge is 2.45. The van der Waals surface area contributed by atoms with Crippen molar-refractivity contribution in [3.05, 3.63) is 35.9 Å². The summed E-state index contributed by atoms with van der Waals surface area (Å²) < 4.78 is 0. The molecule has 1 aromatic carbocycles. The smallest absolute Gasteiger partial charge is 0.217 e. The maximum Gasteiger partial charge on any atom is 0.217 e. The Kier molecular flexibility index (Phi) is 6.01. The lowest BCUT2D eigenvalue weighted by Crippen LogP contribution is -2.53. The van der Waals surface area contributed by atoms with Gasteiger partial charge in [-0.3, -0.25) is 4.79 Å². The Hall–Kier alpha value is -1.35. The zero-order chi connectivity index (χ0) is 16.0. The van der Waals surface area contributed by atoms with E-state index in [2.05, 4.69) is 49.5 Å². The van der Waals surface area contributed by atoms with Crippen LogP contribution >= 0.6 is 0 Å². The first-order chi connectivity index (χ1) is 10.5. The van der Waals surface area contributed by atoms with E-state index in [4.69, 9.17) is 5.73 Å². The topological polar surface area (TPSA) is 55.1 Å². The predicted molar refractivity (Wildman–Crippen MR) is 91.6 cm³/mol. The largest absolute Gasteiger partial charge is 0.370 e. The molecule has 1 saturated carbocycles. The van der Waals surface area contributed by atoms with Crippen molar-refractivity contribution in [2.75, 3.05) is 6.54 Å². The van der Waals surface area contributed by atoms with Gasteiger partial charge < -0.3 is 11.1 Å². The van der Waals surface area contributed by atoms with E-state index < -0.39 is 0 Å². The predicted octanol–water partition coefficient (Wildman–Crippen LogP) is 3.38. The number of amides is 1. The molecule has 2 rings (SSSR count). The van der Waals surface area contributed by atoms with E-state index in [1.807, 2.05) is 0 Å². The molecule has 3 heteroatoms. The van der Waals surface area contributed by atoms with Gasteiger partial charge in [-0.05, 0) is 43.7 Å². The molecule has 0 bridgehead atoms. The summed E-state index contributed by atoms with van der Waals surface area (Å²) in [5.74, 6) is 0.457. The molecule has 0 spiro atoms. The van der Waals surface area contributed by atoms with Crippen LogP contribution in [0.15, 0.2) is 30.3 Å². The van der Waals surface area contributed by atoms with Gasteiger partial charge in [-0.15, -0.1) is 0 Å². The maximum atomic E-state index is 10.9. The summed E-state index contributed by atoms with van der Waals surface area (Å²) in [5.41, 5.74) is 6.98. The molecule has 0 aromatic heterocycles. The van der Waals surface area contributed by atoms with Crippen molar-refractivity contribution in [2.24, 2.45) is 11.7 Å². The second-order valence-corrected chi connectivity index (χ2v) is 7.08. The Labute approximate surface area is 134 Å². The first kappa shape index (κ1) is 17.0. The molecule has 1 atom stereocenters. The minimum Gasteiger partial charge on any atom is -0.370 e. The molecule has 0 heterocycles. The Bertz CT molecular complexity index is 466. The molecular formula is C19H30N2O. The number of hydrogen-bond acceptors (Lipinski definition) is 2. The highest BCUT2D eigenvalue weighted by Crippen LogP contribution is 2.47. The summed E-state index contributed by atoms with van der Waals surface area (Å²) in [6, 6.07) is 11.4. The molecule has 1 fully saturated rings. The van der Waals surface area contributed by atoms with Crippen LogP contribution in [0, 0.1) is 5.92 Å². The van der Waals surface area contributed by atoms with Crippen LogP contribution in [0.25, 0.3) is 0 Å². The van der Waals surface area contributed by atoms with Gasteiger partial charge in [-0.2, -0.15) is 0 Å². The quantitative estimate of drug-likeness (QED) is 0.687. The van der Waals surface area contributed by atoms with Crippen LogP contribution in [-0.2, 0) is 10.2 Å².